The van der Waals surface area contributed by atoms with Gasteiger partial charge in [-0.3, -0.25) is 5.41 Å². The molecule has 0 aromatic rings. The number of nitrogens with zero attached hydrogens (tertiary/aromatic N) is 1. The molecule has 0 bridgehead atoms. The first-order valence-corrected chi connectivity index (χ1v) is 4.87. The molecule has 0 spiro atoms. The Morgan fingerprint density at radius 2 is 1.83 bits per heavy atom. The molecule has 0 unspecified atom stereocenters. The van der Waals surface area contributed by atoms with Crippen LogP contribution in [0.2, 0.25) is 0 Å². The van der Waals surface area contributed by atoms with Crippen LogP contribution in [0.4, 0.5) is 0 Å². The van der Waals surface area contributed by atoms with E-state index in [0.717, 1.165) is 25.3 Å². The van der Waals surface area contributed by atoms with E-state index < -0.39 is 0 Å². The van der Waals surface area contributed by atoms with Crippen LogP contribution in [0.25, 0.3) is 0 Å². The van der Waals surface area contributed by atoms with Crippen molar-refractivity contribution >= 4 is 5.84 Å². The smallest absolute Gasteiger partial charge is 0.0954 e. The van der Waals surface area contributed by atoms with Crippen LogP contribution in [0.3, 0.4) is 0 Å². The van der Waals surface area contributed by atoms with Gasteiger partial charge in [-0.15, -0.1) is 0 Å². The van der Waals surface area contributed by atoms with E-state index >= 15 is 0 Å². The summed E-state index contributed by atoms with van der Waals surface area (Å²) < 4.78 is 0. The van der Waals surface area contributed by atoms with Crippen molar-refractivity contribution in [2.45, 2.75) is 40.0 Å². The number of rotatable bonds is 1. The van der Waals surface area contributed by atoms with E-state index in [9.17, 15) is 0 Å². The van der Waals surface area contributed by atoms with E-state index in [1.165, 1.54) is 12.8 Å². The molecular formula is C10H20N2. The molecule has 2 nitrogen and oxygen atoms in total. The van der Waals surface area contributed by atoms with Crippen LogP contribution >= 0.6 is 0 Å². The third-order valence-corrected chi connectivity index (χ3v) is 2.83. The summed E-state index contributed by atoms with van der Waals surface area (Å²) in [6.07, 6.45) is 3.34. The highest BCUT2D eigenvalue weighted by Crippen LogP contribution is 2.29. The van der Waals surface area contributed by atoms with Crippen LogP contribution in [0.15, 0.2) is 0 Å². The zero-order chi connectivity index (χ0) is 9.19. The minimum Gasteiger partial charge on any atom is -0.361 e. The van der Waals surface area contributed by atoms with Gasteiger partial charge in [0.25, 0.3) is 0 Å². The molecule has 0 amide bonds. The maximum atomic E-state index is 7.69. The first-order chi connectivity index (χ1) is 5.55. The summed E-state index contributed by atoms with van der Waals surface area (Å²) in [4.78, 5) is 2.21. The molecule has 0 aliphatic carbocycles. The van der Waals surface area contributed by atoms with Crippen molar-refractivity contribution in [2.24, 2.45) is 5.41 Å². The molecule has 0 radical (unpaired) electrons. The van der Waals surface area contributed by atoms with Gasteiger partial charge in [0.2, 0.25) is 0 Å². The molecule has 1 aliphatic heterocycles. The summed E-state index contributed by atoms with van der Waals surface area (Å²) in [6.45, 7) is 8.86. The van der Waals surface area contributed by atoms with Crippen LogP contribution < -0.4 is 0 Å². The predicted octanol–water partition coefficient (Wildman–Crippen LogP) is 2.50. The highest BCUT2D eigenvalue weighted by atomic mass is 15.2. The molecule has 1 rings (SSSR count). The fraction of sp³-hybridized carbons (Fsp3) is 0.900. The topological polar surface area (TPSA) is 27.1 Å². The molecule has 2 heteroatoms. The monoisotopic (exact) mass is 168 g/mol. The number of nitrogens with one attached hydrogen (secondary N) is 1. The molecular weight excluding hydrogens is 148 g/mol. The molecule has 1 saturated heterocycles. The lowest BCUT2D eigenvalue weighted by molar-refractivity contribution is 0.186. The Balaban J connectivity index is 2.41. The third kappa shape index (κ3) is 2.23. The maximum Gasteiger partial charge on any atom is 0.0954 e. The minimum atomic E-state index is 0.504. The molecule has 1 N–H and O–H groups in total. The second-order valence-corrected chi connectivity index (χ2v) is 4.45. The number of amidine groups is 1. The molecule has 0 saturated carbocycles. The van der Waals surface area contributed by atoms with Gasteiger partial charge in [-0.05, 0) is 18.3 Å². The number of hydrogen-bond acceptors (Lipinski definition) is 1. The second-order valence-electron chi connectivity index (χ2n) is 4.45. The van der Waals surface area contributed by atoms with E-state index in [1.807, 2.05) is 0 Å². The molecule has 1 fully saturated rings. The van der Waals surface area contributed by atoms with E-state index in [1.54, 1.807) is 0 Å². The second kappa shape index (κ2) is 3.46. The lowest BCUT2D eigenvalue weighted by Crippen LogP contribution is -2.40. The van der Waals surface area contributed by atoms with E-state index in [-0.39, 0.29) is 0 Å². The molecule has 0 atom stereocenters. The predicted molar refractivity (Wildman–Crippen MR) is 52.6 cm³/mol. The zero-order valence-corrected chi connectivity index (χ0v) is 8.48. The van der Waals surface area contributed by atoms with Gasteiger partial charge in [0.15, 0.2) is 0 Å². The van der Waals surface area contributed by atoms with Gasteiger partial charge in [0.05, 0.1) is 5.84 Å². The van der Waals surface area contributed by atoms with Crippen LogP contribution in [-0.4, -0.2) is 23.8 Å². The molecule has 0 aromatic carbocycles. The number of piperidine rings is 1. The van der Waals surface area contributed by atoms with Gasteiger partial charge in [-0.25, -0.2) is 0 Å². The Morgan fingerprint density at radius 3 is 2.25 bits per heavy atom. The summed E-state index contributed by atoms with van der Waals surface area (Å²) in [5, 5.41) is 7.69. The number of hydrogen-bond donors (Lipinski definition) is 1. The van der Waals surface area contributed by atoms with Gasteiger partial charge < -0.3 is 4.90 Å². The van der Waals surface area contributed by atoms with Gasteiger partial charge in [-0.2, -0.15) is 0 Å². The lowest BCUT2D eigenvalue weighted by atomic mass is 9.82. The summed E-state index contributed by atoms with van der Waals surface area (Å²) in [5.41, 5.74) is 0.504. The Bertz CT molecular complexity index is 163. The highest BCUT2D eigenvalue weighted by molar-refractivity contribution is 5.78. The van der Waals surface area contributed by atoms with Crippen LogP contribution in [0, 0.1) is 10.8 Å². The first kappa shape index (κ1) is 9.56. The van der Waals surface area contributed by atoms with E-state index in [4.69, 9.17) is 5.41 Å². The van der Waals surface area contributed by atoms with E-state index in [0.29, 0.717) is 5.41 Å². The van der Waals surface area contributed by atoms with Crippen molar-refractivity contribution in [1.29, 1.82) is 5.41 Å². The Hall–Kier alpha value is -0.530. The van der Waals surface area contributed by atoms with Gasteiger partial charge in [-0.1, -0.05) is 20.8 Å². The molecule has 0 aromatic heterocycles. The van der Waals surface area contributed by atoms with Crippen LogP contribution in [0.1, 0.15) is 40.0 Å². The Labute approximate surface area is 75.5 Å². The molecule has 1 heterocycles. The van der Waals surface area contributed by atoms with Crippen molar-refractivity contribution in [3.8, 4) is 0 Å². The average Bonchev–Trinajstić information content (AvgIpc) is 2.03. The van der Waals surface area contributed by atoms with Gasteiger partial charge in [0, 0.05) is 19.5 Å². The zero-order valence-electron chi connectivity index (χ0n) is 8.48. The fourth-order valence-corrected chi connectivity index (χ4v) is 1.61. The summed E-state index contributed by atoms with van der Waals surface area (Å²) in [6, 6.07) is 0. The number of likely N-dealkylation sites (tertiary alicyclic amines) is 1. The van der Waals surface area contributed by atoms with Crippen LogP contribution in [0.5, 0.6) is 0 Å². The molecule has 12 heavy (non-hydrogen) atoms. The normalized spacial score (nSPS) is 22.4. The quantitative estimate of drug-likeness (QED) is 0.472. The largest absolute Gasteiger partial charge is 0.361 e. The van der Waals surface area contributed by atoms with Crippen molar-refractivity contribution in [3.63, 3.8) is 0 Å². The van der Waals surface area contributed by atoms with Crippen molar-refractivity contribution < 1.29 is 0 Å². The minimum absolute atomic E-state index is 0.504. The maximum absolute atomic E-state index is 7.69. The van der Waals surface area contributed by atoms with Crippen molar-refractivity contribution in [2.75, 3.05) is 13.1 Å². The average molecular weight is 168 g/mol. The Morgan fingerprint density at radius 1 is 1.33 bits per heavy atom. The van der Waals surface area contributed by atoms with Crippen molar-refractivity contribution in [1.82, 2.24) is 4.90 Å². The highest BCUT2D eigenvalue weighted by Gasteiger charge is 2.25. The molecule has 70 valence electrons. The third-order valence-electron chi connectivity index (χ3n) is 2.83. The summed E-state index contributed by atoms with van der Waals surface area (Å²) >= 11 is 0. The van der Waals surface area contributed by atoms with Gasteiger partial charge >= 0.3 is 0 Å². The Kier molecular flexibility index (Phi) is 2.76. The van der Waals surface area contributed by atoms with Crippen molar-refractivity contribution in [3.05, 3.63) is 0 Å². The standard InChI is InChI=1S/C10H20N2/c1-4-9(11)12-7-5-10(2,3)6-8-12/h11H,4-8H2,1-3H3. The lowest BCUT2D eigenvalue weighted by Gasteiger charge is -2.38. The molecule has 1 aliphatic rings. The van der Waals surface area contributed by atoms with Crippen LogP contribution in [-0.2, 0) is 0 Å². The van der Waals surface area contributed by atoms with E-state index in [2.05, 4.69) is 25.7 Å². The fourth-order valence-electron chi connectivity index (χ4n) is 1.61. The van der Waals surface area contributed by atoms with Gasteiger partial charge in [0.1, 0.15) is 0 Å². The first-order valence-electron chi connectivity index (χ1n) is 4.87. The summed E-state index contributed by atoms with van der Waals surface area (Å²) in [7, 11) is 0. The SMILES string of the molecule is CCC(=N)N1CCC(C)(C)CC1. The summed E-state index contributed by atoms with van der Waals surface area (Å²) in [5.74, 6) is 0.811.